The van der Waals surface area contributed by atoms with Crippen LogP contribution in [-0.2, 0) is 4.79 Å². The van der Waals surface area contributed by atoms with Gasteiger partial charge in [0.1, 0.15) is 5.83 Å². The lowest BCUT2D eigenvalue weighted by Gasteiger charge is -2.12. The molecular weight excluding hydrogens is 181 g/mol. The first kappa shape index (κ1) is 8.94. The van der Waals surface area contributed by atoms with Gasteiger partial charge >= 0.3 is 0 Å². The van der Waals surface area contributed by atoms with Gasteiger partial charge in [-0.2, -0.15) is 0 Å². The fraction of sp³-hybridized carbons (Fsp3) is 0.182. The van der Waals surface area contributed by atoms with E-state index in [0.29, 0.717) is 23.3 Å². The van der Waals surface area contributed by atoms with Crippen LogP contribution in [0.4, 0.5) is 4.39 Å². The number of nitrogens with one attached hydrogen (secondary N) is 1. The summed E-state index contributed by atoms with van der Waals surface area (Å²) in [7, 11) is 0. The smallest absolute Gasteiger partial charge is 0.249 e. The maximum Gasteiger partial charge on any atom is 0.249 e. The molecule has 2 nitrogen and oxygen atoms in total. The lowest BCUT2D eigenvalue weighted by molar-refractivity contribution is -0.115. The Labute approximate surface area is 81.5 Å². The van der Waals surface area contributed by atoms with Crippen molar-refractivity contribution >= 4 is 5.91 Å². The summed E-state index contributed by atoms with van der Waals surface area (Å²) in [5, 5.41) is 2.53. The van der Waals surface area contributed by atoms with Crippen molar-refractivity contribution in [1.29, 1.82) is 0 Å². The van der Waals surface area contributed by atoms with Crippen molar-refractivity contribution in [2.75, 3.05) is 0 Å². The Bertz CT molecular complexity index is 402. The Morgan fingerprint density at radius 1 is 1.50 bits per heavy atom. The van der Waals surface area contributed by atoms with Gasteiger partial charge in [0.25, 0.3) is 0 Å². The van der Waals surface area contributed by atoms with E-state index in [9.17, 15) is 9.18 Å². The van der Waals surface area contributed by atoms with Crippen LogP contribution in [-0.4, -0.2) is 5.91 Å². The van der Waals surface area contributed by atoms with Crippen molar-refractivity contribution < 1.29 is 9.18 Å². The summed E-state index contributed by atoms with van der Waals surface area (Å²) in [6, 6.07) is 0. The summed E-state index contributed by atoms with van der Waals surface area (Å²) >= 11 is 0. The van der Waals surface area contributed by atoms with E-state index in [4.69, 9.17) is 0 Å². The number of rotatable bonds is 1. The topological polar surface area (TPSA) is 29.1 Å². The third-order valence-corrected chi connectivity index (χ3v) is 2.31. The summed E-state index contributed by atoms with van der Waals surface area (Å²) in [5.41, 5.74) is 1.68. The number of carbonyl (C=O) groups is 1. The molecule has 0 bridgehead atoms. The summed E-state index contributed by atoms with van der Waals surface area (Å²) in [5.74, 6) is -0.486. The molecule has 1 aliphatic heterocycles. The van der Waals surface area contributed by atoms with Gasteiger partial charge in [-0.3, -0.25) is 4.79 Å². The summed E-state index contributed by atoms with van der Waals surface area (Å²) < 4.78 is 13.4. The predicted octanol–water partition coefficient (Wildman–Crippen LogP) is 2.13. The van der Waals surface area contributed by atoms with Crippen LogP contribution in [0.15, 0.2) is 47.5 Å². The summed E-state index contributed by atoms with van der Waals surface area (Å²) in [6.45, 7) is 3.67. The highest BCUT2D eigenvalue weighted by Gasteiger charge is 2.21. The van der Waals surface area contributed by atoms with Crippen molar-refractivity contribution in [2.24, 2.45) is 0 Å². The molecule has 1 N–H and O–H groups in total. The minimum Gasteiger partial charge on any atom is -0.322 e. The lowest BCUT2D eigenvalue weighted by atomic mass is 9.96. The van der Waals surface area contributed by atoms with Crippen LogP contribution >= 0.6 is 0 Å². The van der Waals surface area contributed by atoms with Crippen molar-refractivity contribution in [3.05, 3.63) is 47.5 Å². The predicted molar refractivity (Wildman–Crippen MR) is 51.9 cm³/mol. The Morgan fingerprint density at radius 2 is 2.29 bits per heavy atom. The van der Waals surface area contributed by atoms with Gasteiger partial charge < -0.3 is 5.32 Å². The zero-order chi connectivity index (χ0) is 10.1. The van der Waals surface area contributed by atoms with Gasteiger partial charge in [0.2, 0.25) is 5.91 Å². The molecule has 0 aromatic carbocycles. The highest BCUT2D eigenvalue weighted by Crippen LogP contribution is 2.31. The molecule has 0 spiro atoms. The Kier molecular flexibility index (Phi) is 2.08. The molecule has 72 valence electrons. The molecule has 0 aromatic rings. The third-order valence-electron chi connectivity index (χ3n) is 2.31. The van der Waals surface area contributed by atoms with E-state index in [1.54, 1.807) is 6.08 Å². The third kappa shape index (κ3) is 1.41. The SMILES string of the molecule is C=C1NC(=O)C=C1C1=C(F)C=CCC1. The zero-order valence-electron chi connectivity index (χ0n) is 7.64. The molecule has 1 heterocycles. The van der Waals surface area contributed by atoms with Crippen LogP contribution in [0, 0.1) is 0 Å². The van der Waals surface area contributed by atoms with Crippen molar-refractivity contribution in [3.63, 3.8) is 0 Å². The molecule has 0 radical (unpaired) electrons. The normalized spacial score (nSPS) is 21.4. The second kappa shape index (κ2) is 3.25. The van der Waals surface area contributed by atoms with Crippen molar-refractivity contribution in [2.45, 2.75) is 12.8 Å². The van der Waals surface area contributed by atoms with E-state index in [-0.39, 0.29) is 11.7 Å². The fourth-order valence-corrected chi connectivity index (χ4v) is 1.64. The average molecular weight is 191 g/mol. The first-order valence-corrected chi connectivity index (χ1v) is 4.46. The molecular formula is C11H10FNO. The fourth-order valence-electron chi connectivity index (χ4n) is 1.64. The van der Waals surface area contributed by atoms with Gasteiger partial charge in [-0.15, -0.1) is 0 Å². The molecule has 0 fully saturated rings. The first-order valence-electron chi connectivity index (χ1n) is 4.46. The zero-order valence-corrected chi connectivity index (χ0v) is 7.64. The Balaban J connectivity index is 2.40. The molecule has 3 heteroatoms. The largest absolute Gasteiger partial charge is 0.322 e. The van der Waals surface area contributed by atoms with E-state index in [1.165, 1.54) is 12.2 Å². The minimum atomic E-state index is -0.264. The molecule has 0 atom stereocenters. The monoisotopic (exact) mass is 191 g/mol. The number of allylic oxidation sites excluding steroid dienone is 4. The molecule has 0 aromatic heterocycles. The van der Waals surface area contributed by atoms with Crippen LogP contribution in [0.5, 0.6) is 0 Å². The second-order valence-electron chi connectivity index (χ2n) is 3.29. The second-order valence-corrected chi connectivity index (χ2v) is 3.29. The van der Waals surface area contributed by atoms with E-state index >= 15 is 0 Å². The van der Waals surface area contributed by atoms with Gasteiger partial charge in [0.15, 0.2) is 0 Å². The highest BCUT2D eigenvalue weighted by molar-refractivity contribution is 5.96. The number of halogens is 1. The Hall–Kier alpha value is -1.64. The molecule has 0 unspecified atom stereocenters. The maximum absolute atomic E-state index is 13.4. The first-order chi connectivity index (χ1) is 6.68. The number of carbonyl (C=O) groups excluding carboxylic acids is 1. The van der Waals surface area contributed by atoms with Gasteiger partial charge in [-0.1, -0.05) is 12.7 Å². The number of amides is 1. The van der Waals surface area contributed by atoms with Crippen LogP contribution in [0.1, 0.15) is 12.8 Å². The minimum absolute atomic E-state index is 0.222. The van der Waals surface area contributed by atoms with Crippen LogP contribution in [0.25, 0.3) is 0 Å². The standard InChI is InChI=1S/C11H10FNO/c1-7-9(6-11(14)13-7)8-4-2-3-5-10(8)12/h3,5-6H,1-2,4H2,(H,13,14). The molecule has 14 heavy (non-hydrogen) atoms. The quantitative estimate of drug-likeness (QED) is 0.675. The van der Waals surface area contributed by atoms with Crippen LogP contribution in [0.3, 0.4) is 0 Å². The molecule has 1 aliphatic carbocycles. The number of hydrogen-bond donors (Lipinski definition) is 1. The van der Waals surface area contributed by atoms with Gasteiger partial charge in [-0.25, -0.2) is 4.39 Å². The van der Waals surface area contributed by atoms with E-state index in [0.717, 1.165) is 6.42 Å². The molecule has 1 amide bonds. The molecule has 0 saturated heterocycles. The average Bonchev–Trinajstić information content (AvgIpc) is 2.46. The Morgan fingerprint density at radius 3 is 2.86 bits per heavy atom. The van der Waals surface area contributed by atoms with Crippen molar-refractivity contribution in [1.82, 2.24) is 5.32 Å². The van der Waals surface area contributed by atoms with Gasteiger partial charge in [0.05, 0.1) is 0 Å². The molecule has 2 rings (SSSR count). The summed E-state index contributed by atoms with van der Waals surface area (Å²) in [4.78, 5) is 11.0. The van der Waals surface area contributed by atoms with Crippen LogP contribution < -0.4 is 5.32 Å². The lowest BCUT2D eigenvalue weighted by Crippen LogP contribution is -2.12. The van der Waals surface area contributed by atoms with E-state index in [1.807, 2.05) is 0 Å². The van der Waals surface area contributed by atoms with Gasteiger partial charge in [-0.05, 0) is 24.5 Å². The maximum atomic E-state index is 13.4. The van der Waals surface area contributed by atoms with Crippen LogP contribution in [0.2, 0.25) is 0 Å². The van der Waals surface area contributed by atoms with Gasteiger partial charge in [0, 0.05) is 17.3 Å². The molecule has 0 saturated carbocycles. The number of hydrogen-bond acceptors (Lipinski definition) is 1. The van der Waals surface area contributed by atoms with E-state index < -0.39 is 0 Å². The highest BCUT2D eigenvalue weighted by atomic mass is 19.1. The molecule has 2 aliphatic rings. The summed E-state index contributed by atoms with van der Waals surface area (Å²) in [6.07, 6.45) is 6.06. The van der Waals surface area contributed by atoms with Crippen molar-refractivity contribution in [3.8, 4) is 0 Å². The van der Waals surface area contributed by atoms with E-state index in [2.05, 4.69) is 11.9 Å².